The topological polar surface area (TPSA) is 56.6 Å². The highest BCUT2D eigenvalue weighted by molar-refractivity contribution is 5.89. The summed E-state index contributed by atoms with van der Waals surface area (Å²) in [5, 5.41) is 1.13. The summed E-state index contributed by atoms with van der Waals surface area (Å²) in [5.41, 5.74) is 4.30. The molecule has 0 saturated carbocycles. The number of nitrogens with zero attached hydrogens (tertiary/aromatic N) is 4. The zero-order valence-electron chi connectivity index (χ0n) is 16.8. The van der Waals surface area contributed by atoms with Gasteiger partial charge < -0.3 is 19.2 Å². The third kappa shape index (κ3) is 3.14. The van der Waals surface area contributed by atoms with E-state index in [1.54, 1.807) is 0 Å². The molecule has 4 heterocycles. The SMILES string of the molecule is CN(C)c1nc([C@H]2CCN(C(=O)Cc3c[nH]c4ccccc34)C2)cn2cccc12. The van der Waals surface area contributed by atoms with Gasteiger partial charge in [-0.2, -0.15) is 0 Å². The molecule has 1 fully saturated rings. The van der Waals surface area contributed by atoms with E-state index in [4.69, 9.17) is 4.98 Å². The first-order chi connectivity index (χ1) is 14.1. The van der Waals surface area contributed by atoms with Crippen LogP contribution in [0.4, 0.5) is 5.82 Å². The highest BCUT2D eigenvalue weighted by Gasteiger charge is 2.29. The van der Waals surface area contributed by atoms with Crippen molar-refractivity contribution in [1.29, 1.82) is 0 Å². The molecule has 1 aliphatic heterocycles. The Morgan fingerprint density at radius 2 is 2.10 bits per heavy atom. The molecule has 0 bridgehead atoms. The van der Waals surface area contributed by atoms with Crippen molar-refractivity contribution in [3.05, 3.63) is 66.2 Å². The fraction of sp³-hybridized carbons (Fsp3) is 0.304. The van der Waals surface area contributed by atoms with Gasteiger partial charge in [0.1, 0.15) is 0 Å². The molecular weight excluding hydrogens is 362 g/mol. The molecule has 4 aromatic rings. The average molecular weight is 387 g/mol. The number of hydrogen-bond donors (Lipinski definition) is 1. The summed E-state index contributed by atoms with van der Waals surface area (Å²) in [4.78, 5) is 25.2. The summed E-state index contributed by atoms with van der Waals surface area (Å²) in [7, 11) is 4.04. The third-order valence-corrected chi connectivity index (χ3v) is 5.91. The van der Waals surface area contributed by atoms with Gasteiger partial charge in [-0.15, -0.1) is 0 Å². The second-order valence-corrected chi connectivity index (χ2v) is 8.05. The number of benzene rings is 1. The number of carbonyl (C=O) groups is 1. The number of anilines is 1. The number of fused-ring (bicyclic) bond motifs is 2. The molecule has 0 radical (unpaired) electrons. The first-order valence-electron chi connectivity index (χ1n) is 10.1. The molecule has 0 aliphatic carbocycles. The van der Waals surface area contributed by atoms with Gasteiger partial charge in [0.2, 0.25) is 5.91 Å². The predicted octanol–water partition coefficient (Wildman–Crippen LogP) is 3.44. The Hall–Kier alpha value is -3.28. The largest absolute Gasteiger partial charge is 0.361 e. The highest BCUT2D eigenvalue weighted by atomic mass is 16.2. The molecule has 5 rings (SSSR count). The second kappa shape index (κ2) is 6.95. The normalized spacial score (nSPS) is 16.8. The maximum atomic E-state index is 13.0. The molecule has 29 heavy (non-hydrogen) atoms. The zero-order chi connectivity index (χ0) is 20.0. The van der Waals surface area contributed by atoms with E-state index in [9.17, 15) is 4.79 Å². The minimum absolute atomic E-state index is 0.187. The molecule has 148 valence electrons. The Kier molecular flexibility index (Phi) is 4.27. The number of para-hydroxylation sites is 1. The highest BCUT2D eigenvalue weighted by Crippen LogP contribution is 2.30. The molecule has 1 aromatic carbocycles. The first-order valence-corrected chi connectivity index (χ1v) is 10.1. The summed E-state index contributed by atoms with van der Waals surface area (Å²) in [6.45, 7) is 1.52. The van der Waals surface area contributed by atoms with Crippen molar-refractivity contribution in [2.75, 3.05) is 32.1 Å². The van der Waals surface area contributed by atoms with E-state index < -0.39 is 0 Å². The van der Waals surface area contributed by atoms with Crippen LogP contribution in [0.5, 0.6) is 0 Å². The first kappa shape index (κ1) is 17.8. The summed E-state index contributed by atoms with van der Waals surface area (Å²) in [6.07, 6.45) is 7.51. The monoisotopic (exact) mass is 387 g/mol. The van der Waals surface area contributed by atoms with Crippen molar-refractivity contribution < 1.29 is 4.79 Å². The van der Waals surface area contributed by atoms with Crippen LogP contribution >= 0.6 is 0 Å². The van der Waals surface area contributed by atoms with Crippen molar-refractivity contribution in [1.82, 2.24) is 19.3 Å². The number of carbonyl (C=O) groups excluding carboxylic acids is 1. The number of likely N-dealkylation sites (tertiary alicyclic amines) is 1. The molecule has 1 saturated heterocycles. The molecule has 1 aliphatic rings. The fourth-order valence-corrected chi connectivity index (χ4v) is 4.35. The molecule has 1 N–H and O–H groups in total. The van der Waals surface area contributed by atoms with Crippen molar-refractivity contribution in [3.63, 3.8) is 0 Å². The van der Waals surface area contributed by atoms with Gasteiger partial charge in [-0.3, -0.25) is 4.79 Å². The van der Waals surface area contributed by atoms with Gasteiger partial charge in [-0.25, -0.2) is 4.98 Å². The minimum Gasteiger partial charge on any atom is -0.361 e. The predicted molar refractivity (Wildman–Crippen MR) is 115 cm³/mol. The number of aromatic amines is 1. The van der Waals surface area contributed by atoms with E-state index in [-0.39, 0.29) is 11.8 Å². The van der Waals surface area contributed by atoms with E-state index in [2.05, 4.69) is 33.9 Å². The summed E-state index contributed by atoms with van der Waals surface area (Å²) < 4.78 is 2.13. The lowest BCUT2D eigenvalue weighted by molar-refractivity contribution is -0.129. The average Bonchev–Trinajstić information content (AvgIpc) is 3.46. The lowest BCUT2D eigenvalue weighted by Gasteiger charge is -2.19. The summed E-state index contributed by atoms with van der Waals surface area (Å²) >= 11 is 0. The number of aromatic nitrogens is 3. The van der Waals surface area contributed by atoms with Crippen LogP contribution in [0, 0.1) is 0 Å². The van der Waals surface area contributed by atoms with Crippen molar-refractivity contribution >= 4 is 28.1 Å². The summed E-state index contributed by atoms with van der Waals surface area (Å²) in [6, 6.07) is 12.3. The lowest BCUT2D eigenvalue weighted by Crippen LogP contribution is -2.30. The van der Waals surface area contributed by atoms with E-state index in [0.29, 0.717) is 6.42 Å². The van der Waals surface area contributed by atoms with Gasteiger partial charge in [0, 0.05) is 62.6 Å². The van der Waals surface area contributed by atoms with Crippen LogP contribution in [0.25, 0.3) is 16.4 Å². The molecule has 1 atom stereocenters. The summed E-state index contributed by atoms with van der Waals surface area (Å²) in [5.74, 6) is 1.43. The molecule has 0 spiro atoms. The molecule has 6 nitrogen and oxygen atoms in total. The van der Waals surface area contributed by atoms with Gasteiger partial charge in [0.15, 0.2) is 5.82 Å². The van der Waals surface area contributed by atoms with Crippen molar-refractivity contribution in [2.45, 2.75) is 18.8 Å². The Labute approximate surface area is 169 Å². The van der Waals surface area contributed by atoms with E-state index in [1.165, 1.54) is 0 Å². The Bertz CT molecular complexity index is 1190. The number of amides is 1. The number of rotatable bonds is 4. The van der Waals surface area contributed by atoms with E-state index in [0.717, 1.165) is 53.0 Å². The number of hydrogen-bond acceptors (Lipinski definition) is 3. The smallest absolute Gasteiger partial charge is 0.227 e. The fourth-order valence-electron chi connectivity index (χ4n) is 4.35. The van der Waals surface area contributed by atoms with Crippen LogP contribution in [-0.2, 0) is 11.2 Å². The number of H-pyrrole nitrogens is 1. The van der Waals surface area contributed by atoms with E-state index >= 15 is 0 Å². The van der Waals surface area contributed by atoms with Crippen LogP contribution in [0.3, 0.4) is 0 Å². The third-order valence-electron chi connectivity index (χ3n) is 5.91. The van der Waals surface area contributed by atoms with Crippen LogP contribution < -0.4 is 4.90 Å². The van der Waals surface area contributed by atoms with Gasteiger partial charge >= 0.3 is 0 Å². The van der Waals surface area contributed by atoms with Crippen LogP contribution in [0.15, 0.2) is 55.0 Å². The Morgan fingerprint density at radius 1 is 1.24 bits per heavy atom. The quantitative estimate of drug-likeness (QED) is 0.584. The van der Waals surface area contributed by atoms with Crippen molar-refractivity contribution in [2.24, 2.45) is 0 Å². The maximum absolute atomic E-state index is 13.0. The van der Waals surface area contributed by atoms with Gasteiger partial charge in [0.25, 0.3) is 0 Å². The molecule has 6 heteroatoms. The standard InChI is InChI=1S/C23H25N5O/c1-26(2)23-21-8-5-10-27(21)15-20(25-23)16-9-11-28(14-16)22(29)12-17-13-24-19-7-4-3-6-18(17)19/h3-8,10,13,15-16,24H,9,11-12,14H2,1-2H3/t16-/m0/s1. The molecule has 3 aromatic heterocycles. The van der Waals surface area contributed by atoms with Gasteiger partial charge in [0.05, 0.1) is 17.6 Å². The zero-order valence-corrected chi connectivity index (χ0v) is 16.8. The van der Waals surface area contributed by atoms with Gasteiger partial charge in [-0.1, -0.05) is 18.2 Å². The molecule has 0 unspecified atom stereocenters. The Morgan fingerprint density at radius 3 is 2.97 bits per heavy atom. The van der Waals surface area contributed by atoms with E-state index in [1.807, 2.05) is 54.4 Å². The molecule has 1 amide bonds. The Balaban J connectivity index is 1.34. The second-order valence-electron chi connectivity index (χ2n) is 8.05. The van der Waals surface area contributed by atoms with Crippen molar-refractivity contribution in [3.8, 4) is 0 Å². The minimum atomic E-state index is 0.187. The van der Waals surface area contributed by atoms with Crippen LogP contribution in [-0.4, -0.2) is 52.4 Å². The van der Waals surface area contributed by atoms with Gasteiger partial charge in [-0.05, 0) is 30.2 Å². The van der Waals surface area contributed by atoms with Crippen LogP contribution in [0.2, 0.25) is 0 Å². The lowest BCUT2D eigenvalue weighted by atomic mass is 10.1. The van der Waals surface area contributed by atoms with Crippen LogP contribution in [0.1, 0.15) is 23.6 Å². The maximum Gasteiger partial charge on any atom is 0.227 e. The number of nitrogens with one attached hydrogen (secondary N) is 1. The molecular formula is C23H25N5O.